The number of likely N-dealkylation sites (tertiary alicyclic amines) is 1. The molecule has 1 aliphatic rings. The molecule has 1 aromatic carbocycles. The fourth-order valence-corrected chi connectivity index (χ4v) is 2.47. The molecule has 0 unspecified atom stereocenters. The third-order valence-corrected chi connectivity index (χ3v) is 3.75. The molecule has 7 heteroatoms. The maximum absolute atomic E-state index is 13.5. The van der Waals surface area contributed by atoms with Gasteiger partial charge in [-0.05, 0) is 25.8 Å². The van der Waals surface area contributed by atoms with Crippen LogP contribution >= 0.6 is 0 Å². The maximum Gasteiger partial charge on any atom is 0.409 e. The average Bonchev–Trinajstić information content (AvgIpc) is 2.55. The van der Waals surface area contributed by atoms with Crippen LogP contribution in [0.3, 0.4) is 0 Å². The lowest BCUT2D eigenvalue weighted by Gasteiger charge is -2.31. The zero-order valence-corrected chi connectivity index (χ0v) is 13.3. The summed E-state index contributed by atoms with van der Waals surface area (Å²) in [6.45, 7) is 3.62. The molecule has 1 fully saturated rings. The van der Waals surface area contributed by atoms with Gasteiger partial charge in [-0.2, -0.15) is 0 Å². The molecule has 6 nitrogen and oxygen atoms in total. The summed E-state index contributed by atoms with van der Waals surface area (Å²) in [5.41, 5.74) is 6.36. The number of aliphatic imine (C=N–C) groups is 1. The molecule has 1 aromatic rings. The third-order valence-electron chi connectivity index (χ3n) is 3.75. The van der Waals surface area contributed by atoms with Crippen LogP contribution in [0.1, 0.15) is 25.3 Å². The van der Waals surface area contributed by atoms with Crippen LogP contribution in [-0.2, 0) is 11.3 Å². The number of ether oxygens (including phenoxy) is 1. The van der Waals surface area contributed by atoms with E-state index in [9.17, 15) is 9.18 Å². The van der Waals surface area contributed by atoms with Crippen molar-refractivity contribution >= 4 is 12.1 Å². The maximum atomic E-state index is 13.5. The van der Waals surface area contributed by atoms with Crippen LogP contribution in [0, 0.1) is 5.82 Å². The van der Waals surface area contributed by atoms with Gasteiger partial charge in [0.05, 0.1) is 13.2 Å². The van der Waals surface area contributed by atoms with Gasteiger partial charge in [0.15, 0.2) is 5.96 Å². The summed E-state index contributed by atoms with van der Waals surface area (Å²) in [6.07, 6.45) is 1.27. The fourth-order valence-electron chi connectivity index (χ4n) is 2.47. The Morgan fingerprint density at radius 2 is 2.13 bits per heavy atom. The van der Waals surface area contributed by atoms with E-state index >= 15 is 0 Å². The van der Waals surface area contributed by atoms with Gasteiger partial charge in [0.1, 0.15) is 5.82 Å². The van der Waals surface area contributed by atoms with Crippen molar-refractivity contribution < 1.29 is 13.9 Å². The topological polar surface area (TPSA) is 80.0 Å². The number of halogens is 1. The molecule has 0 saturated carbocycles. The van der Waals surface area contributed by atoms with Gasteiger partial charge in [0.2, 0.25) is 0 Å². The van der Waals surface area contributed by atoms with E-state index in [2.05, 4.69) is 10.3 Å². The molecule has 0 bridgehead atoms. The zero-order valence-electron chi connectivity index (χ0n) is 13.3. The van der Waals surface area contributed by atoms with Gasteiger partial charge in [0, 0.05) is 24.7 Å². The molecule has 0 aromatic heterocycles. The average molecular weight is 322 g/mol. The van der Waals surface area contributed by atoms with E-state index in [1.165, 1.54) is 6.07 Å². The van der Waals surface area contributed by atoms with Gasteiger partial charge < -0.3 is 20.7 Å². The van der Waals surface area contributed by atoms with Crippen LogP contribution in [0.5, 0.6) is 0 Å². The van der Waals surface area contributed by atoms with Crippen LogP contribution in [0.4, 0.5) is 9.18 Å². The van der Waals surface area contributed by atoms with Gasteiger partial charge in [0.25, 0.3) is 0 Å². The van der Waals surface area contributed by atoms with Gasteiger partial charge in [-0.1, -0.05) is 18.2 Å². The molecular weight excluding hydrogens is 299 g/mol. The van der Waals surface area contributed by atoms with Crippen molar-refractivity contribution in [3.05, 3.63) is 35.6 Å². The van der Waals surface area contributed by atoms with E-state index in [1.54, 1.807) is 30.0 Å². The third kappa shape index (κ3) is 5.12. The van der Waals surface area contributed by atoms with E-state index in [0.717, 1.165) is 12.8 Å². The van der Waals surface area contributed by atoms with E-state index < -0.39 is 0 Å². The summed E-state index contributed by atoms with van der Waals surface area (Å²) in [5, 5.41) is 3.13. The highest BCUT2D eigenvalue weighted by atomic mass is 19.1. The Hall–Kier alpha value is -2.31. The van der Waals surface area contributed by atoms with Crippen LogP contribution in [-0.4, -0.2) is 42.7 Å². The number of carbonyl (C=O) groups is 1. The summed E-state index contributed by atoms with van der Waals surface area (Å²) in [5.74, 6) is 0.00892. The van der Waals surface area contributed by atoms with Gasteiger partial charge >= 0.3 is 6.09 Å². The first-order chi connectivity index (χ1) is 11.1. The normalized spacial score (nSPS) is 16.3. The molecule has 1 saturated heterocycles. The molecule has 0 radical (unpaired) electrons. The number of carbonyl (C=O) groups excluding carboxylic acids is 1. The minimum Gasteiger partial charge on any atom is -0.450 e. The number of guanidine groups is 1. The molecule has 1 heterocycles. The Bertz CT molecular complexity index is 557. The van der Waals surface area contributed by atoms with Crippen molar-refractivity contribution in [3.63, 3.8) is 0 Å². The number of rotatable bonds is 4. The molecule has 3 N–H and O–H groups in total. The quantitative estimate of drug-likeness (QED) is 0.655. The first-order valence-electron chi connectivity index (χ1n) is 7.81. The van der Waals surface area contributed by atoms with E-state index in [1.807, 2.05) is 0 Å². The predicted octanol–water partition coefficient (Wildman–Crippen LogP) is 1.85. The summed E-state index contributed by atoms with van der Waals surface area (Å²) >= 11 is 0. The number of piperidine rings is 1. The molecule has 2 rings (SSSR count). The second kappa shape index (κ2) is 8.36. The Morgan fingerprint density at radius 3 is 2.78 bits per heavy atom. The Morgan fingerprint density at radius 1 is 1.43 bits per heavy atom. The highest BCUT2D eigenvalue weighted by Crippen LogP contribution is 2.12. The molecular formula is C16H23FN4O2. The molecule has 1 aliphatic heterocycles. The summed E-state index contributed by atoms with van der Waals surface area (Å²) in [7, 11) is 0. The van der Waals surface area contributed by atoms with E-state index in [-0.39, 0.29) is 24.5 Å². The van der Waals surface area contributed by atoms with Crippen molar-refractivity contribution in [2.24, 2.45) is 10.7 Å². The van der Waals surface area contributed by atoms with Crippen LogP contribution in [0.15, 0.2) is 29.3 Å². The Balaban J connectivity index is 1.78. The summed E-state index contributed by atoms with van der Waals surface area (Å²) in [4.78, 5) is 17.5. The monoisotopic (exact) mass is 322 g/mol. The smallest absolute Gasteiger partial charge is 0.409 e. The lowest BCUT2D eigenvalue weighted by molar-refractivity contribution is 0.0963. The van der Waals surface area contributed by atoms with Crippen LogP contribution < -0.4 is 11.1 Å². The van der Waals surface area contributed by atoms with Crippen LogP contribution in [0.2, 0.25) is 0 Å². The van der Waals surface area contributed by atoms with Crippen LogP contribution in [0.25, 0.3) is 0 Å². The number of nitrogens with zero attached hydrogens (tertiary/aromatic N) is 2. The summed E-state index contributed by atoms with van der Waals surface area (Å²) < 4.78 is 18.5. The minimum absolute atomic E-state index is 0.157. The summed E-state index contributed by atoms with van der Waals surface area (Å²) in [6, 6.07) is 6.65. The highest BCUT2D eigenvalue weighted by molar-refractivity contribution is 5.78. The second-order valence-electron chi connectivity index (χ2n) is 5.40. The lowest BCUT2D eigenvalue weighted by Crippen LogP contribution is -2.48. The number of nitrogens with one attached hydrogen (secondary N) is 1. The molecule has 0 spiro atoms. The molecule has 0 aliphatic carbocycles. The molecule has 1 amide bonds. The molecule has 23 heavy (non-hydrogen) atoms. The first-order valence-corrected chi connectivity index (χ1v) is 7.81. The first kappa shape index (κ1) is 17.1. The van der Waals surface area contributed by atoms with Gasteiger partial charge in [-0.15, -0.1) is 0 Å². The SMILES string of the molecule is CCOC(=O)N1CCC(NC(N)=NCc2ccccc2F)CC1. The highest BCUT2D eigenvalue weighted by Gasteiger charge is 2.23. The van der Waals surface area contributed by atoms with E-state index in [4.69, 9.17) is 10.5 Å². The predicted molar refractivity (Wildman–Crippen MR) is 86.5 cm³/mol. The number of amides is 1. The number of hydrogen-bond donors (Lipinski definition) is 2. The number of benzene rings is 1. The van der Waals surface area contributed by atoms with Gasteiger partial charge in [-0.3, -0.25) is 0 Å². The van der Waals surface area contributed by atoms with Crippen molar-refractivity contribution in [2.45, 2.75) is 32.4 Å². The van der Waals surface area contributed by atoms with Crippen molar-refractivity contribution in [3.8, 4) is 0 Å². The van der Waals surface area contributed by atoms with Crippen molar-refractivity contribution in [2.75, 3.05) is 19.7 Å². The lowest BCUT2D eigenvalue weighted by atomic mass is 10.1. The van der Waals surface area contributed by atoms with Crippen molar-refractivity contribution in [1.29, 1.82) is 0 Å². The minimum atomic E-state index is -0.285. The largest absolute Gasteiger partial charge is 0.450 e. The number of hydrogen-bond acceptors (Lipinski definition) is 3. The zero-order chi connectivity index (χ0) is 16.7. The Labute approximate surface area is 135 Å². The van der Waals surface area contributed by atoms with E-state index in [0.29, 0.717) is 31.2 Å². The van der Waals surface area contributed by atoms with Crippen molar-refractivity contribution in [1.82, 2.24) is 10.2 Å². The fraction of sp³-hybridized carbons (Fsp3) is 0.500. The molecule has 0 atom stereocenters. The second-order valence-corrected chi connectivity index (χ2v) is 5.40. The molecule has 126 valence electrons. The van der Waals surface area contributed by atoms with Gasteiger partial charge in [-0.25, -0.2) is 14.2 Å². The Kier molecular flexibility index (Phi) is 6.19. The number of nitrogens with two attached hydrogens (primary N) is 1. The standard InChI is InChI=1S/C16H23FN4O2/c1-2-23-16(22)21-9-7-13(8-10-21)20-15(18)19-11-12-5-3-4-6-14(12)17/h3-6,13H,2,7-11H2,1H3,(H3,18,19,20).